The fraction of sp³-hybridized carbons (Fsp3) is 0.350. The van der Waals surface area contributed by atoms with Crippen molar-refractivity contribution in [1.82, 2.24) is 0 Å². The molecule has 0 aliphatic rings. The topological polar surface area (TPSA) is 55.7 Å². The molecule has 0 aliphatic carbocycles. The number of benzene rings is 2. The molecule has 40 heavy (non-hydrogen) atoms. The highest BCUT2D eigenvalue weighted by molar-refractivity contribution is 7.87. The molecule has 0 aliphatic heterocycles. The van der Waals surface area contributed by atoms with Crippen LogP contribution in [-0.2, 0) is 14.4 Å². The summed E-state index contributed by atoms with van der Waals surface area (Å²) >= 11 is 0. The third-order valence-electron chi connectivity index (χ3n) is 4.95. The van der Waals surface area contributed by atoms with E-state index in [2.05, 4.69) is 4.28 Å². The number of halogens is 15. The molecule has 224 valence electrons. The molecule has 0 fully saturated rings. The van der Waals surface area contributed by atoms with Crippen LogP contribution in [0, 0.1) is 0 Å². The Labute approximate surface area is 213 Å². The molecule has 0 amide bonds. The van der Waals surface area contributed by atoms with Crippen molar-refractivity contribution in [3.63, 3.8) is 0 Å². The molecule has 0 spiro atoms. The van der Waals surface area contributed by atoms with Crippen molar-refractivity contribution in [3.8, 4) is 11.1 Å². The van der Waals surface area contributed by atoms with Crippen LogP contribution < -0.4 is 0 Å². The van der Waals surface area contributed by atoms with Gasteiger partial charge in [-0.15, -0.1) is 0 Å². The molecular formula is C20H10F15NO3S. The van der Waals surface area contributed by atoms with E-state index in [1.807, 2.05) is 0 Å². The molecule has 0 saturated carbocycles. The largest absolute Gasteiger partial charge is 0.536 e. The van der Waals surface area contributed by atoms with E-state index in [0.717, 1.165) is 0 Å². The zero-order chi connectivity index (χ0) is 31.2. The van der Waals surface area contributed by atoms with E-state index < -0.39 is 62.9 Å². The monoisotopic (exact) mass is 629 g/mol. The van der Waals surface area contributed by atoms with E-state index in [1.165, 1.54) is 30.3 Å². The van der Waals surface area contributed by atoms with Crippen molar-refractivity contribution in [3.05, 3.63) is 60.2 Å². The Morgan fingerprint density at radius 1 is 0.650 bits per heavy atom. The van der Waals surface area contributed by atoms with Gasteiger partial charge in [0, 0.05) is 5.56 Å². The Balaban J connectivity index is 2.77. The lowest BCUT2D eigenvalue weighted by Gasteiger charge is -2.39. The first-order valence-corrected chi connectivity index (χ1v) is 11.2. The summed E-state index contributed by atoms with van der Waals surface area (Å²) in [6.07, 6.45) is -5.79. The second-order valence-corrected chi connectivity index (χ2v) is 9.10. The van der Waals surface area contributed by atoms with Crippen LogP contribution >= 0.6 is 0 Å². The van der Waals surface area contributed by atoms with Gasteiger partial charge >= 0.3 is 51.7 Å². The summed E-state index contributed by atoms with van der Waals surface area (Å²) in [5.41, 5.74) is -11.1. The minimum absolute atomic E-state index is 0.0241. The summed E-state index contributed by atoms with van der Waals surface area (Å²) < 4.78 is 227. The van der Waals surface area contributed by atoms with Gasteiger partial charge in [-0.05, 0) is 11.1 Å². The highest BCUT2D eigenvalue weighted by Gasteiger charge is 2.88. The Kier molecular flexibility index (Phi) is 8.53. The number of nitrogens with zero attached hydrogens (tertiary/aromatic N) is 1. The smallest absolute Gasteiger partial charge is 0.261 e. The maximum Gasteiger partial charge on any atom is 0.536 e. The lowest BCUT2D eigenvalue weighted by atomic mass is 9.89. The van der Waals surface area contributed by atoms with E-state index in [4.69, 9.17) is 0 Å². The number of oxime groups is 1. The second kappa shape index (κ2) is 10.3. The fourth-order valence-corrected chi connectivity index (χ4v) is 3.02. The van der Waals surface area contributed by atoms with E-state index in [1.54, 1.807) is 5.16 Å². The third kappa shape index (κ3) is 5.40. The molecule has 0 radical (unpaired) electrons. The number of alkyl halides is 15. The van der Waals surface area contributed by atoms with Crippen LogP contribution in [0.25, 0.3) is 11.1 Å². The lowest BCUT2D eigenvalue weighted by Crippen LogP contribution is -2.70. The fourth-order valence-electron chi connectivity index (χ4n) is 2.76. The molecule has 0 unspecified atom stereocenters. The van der Waals surface area contributed by atoms with Gasteiger partial charge in [-0.25, -0.2) is 8.78 Å². The highest BCUT2D eigenvalue weighted by Crippen LogP contribution is 2.58. The van der Waals surface area contributed by atoms with Crippen LogP contribution in [-0.4, -0.2) is 55.7 Å². The van der Waals surface area contributed by atoms with E-state index in [0.29, 0.717) is 12.1 Å². The van der Waals surface area contributed by atoms with Crippen molar-refractivity contribution in [2.45, 2.75) is 41.5 Å². The van der Waals surface area contributed by atoms with Gasteiger partial charge in [-0.3, -0.25) is 4.28 Å². The number of hydrogen-bond donors (Lipinski definition) is 0. The predicted molar refractivity (Wildman–Crippen MR) is 105 cm³/mol. The van der Waals surface area contributed by atoms with Crippen LogP contribution in [0.15, 0.2) is 59.8 Å². The standard InChI is InChI=1S/C20H10F15NO3S/c21-14(22)16(25,26)18(29,30)19(31,32)17(27,28)15(23,24)13(36-39-40(37,38)20(33,34)35)12-8-6-11(7-9-12)10-4-2-1-3-5-10/h1-9,14H. The van der Waals surface area contributed by atoms with Crippen molar-refractivity contribution < 1.29 is 78.6 Å². The minimum Gasteiger partial charge on any atom is -0.261 e. The molecule has 0 N–H and O–H groups in total. The Hall–Kier alpha value is -3.19. The molecule has 0 aromatic heterocycles. The highest BCUT2D eigenvalue weighted by atomic mass is 32.2. The van der Waals surface area contributed by atoms with Gasteiger partial charge in [-0.2, -0.15) is 65.5 Å². The molecule has 0 heterocycles. The van der Waals surface area contributed by atoms with E-state index in [9.17, 15) is 74.3 Å². The van der Waals surface area contributed by atoms with Gasteiger partial charge < -0.3 is 0 Å². The van der Waals surface area contributed by atoms with Crippen LogP contribution in [0.4, 0.5) is 65.9 Å². The summed E-state index contributed by atoms with van der Waals surface area (Å²) in [5, 5.41) is 1.63. The summed E-state index contributed by atoms with van der Waals surface area (Å²) in [7, 11) is -7.08. The molecule has 0 bridgehead atoms. The van der Waals surface area contributed by atoms with Gasteiger partial charge in [0.1, 0.15) is 0 Å². The van der Waals surface area contributed by atoms with Crippen LogP contribution in [0.5, 0.6) is 0 Å². The third-order valence-corrected chi connectivity index (χ3v) is 5.79. The molecule has 2 aromatic carbocycles. The predicted octanol–water partition coefficient (Wildman–Crippen LogP) is 7.37. The second-order valence-electron chi connectivity index (χ2n) is 7.58. The number of hydrogen-bond acceptors (Lipinski definition) is 4. The average Bonchev–Trinajstić information content (AvgIpc) is 2.83. The Morgan fingerprint density at radius 3 is 1.52 bits per heavy atom. The van der Waals surface area contributed by atoms with Gasteiger partial charge in [0.05, 0.1) is 0 Å². The summed E-state index contributed by atoms with van der Waals surface area (Å²) in [6, 6.07) is 8.99. The molecule has 2 aromatic rings. The molecule has 0 atom stereocenters. The quantitative estimate of drug-likeness (QED) is 0.120. The molecule has 0 saturated heterocycles. The van der Waals surface area contributed by atoms with Gasteiger partial charge in [0.25, 0.3) is 0 Å². The maximum atomic E-state index is 14.8. The molecule has 20 heteroatoms. The first-order valence-electron chi connectivity index (χ1n) is 9.77. The summed E-state index contributed by atoms with van der Waals surface area (Å²) in [5.74, 6) is -38.3. The maximum absolute atomic E-state index is 14.8. The molecular weight excluding hydrogens is 619 g/mol. The Morgan fingerprint density at radius 2 is 1.10 bits per heavy atom. The summed E-state index contributed by atoms with van der Waals surface area (Å²) in [6.45, 7) is 0. The average molecular weight is 629 g/mol. The number of rotatable bonds is 10. The Bertz CT molecular complexity index is 1320. The summed E-state index contributed by atoms with van der Waals surface area (Å²) in [4.78, 5) is 0. The normalized spacial score (nSPS) is 14.9. The van der Waals surface area contributed by atoms with Crippen LogP contribution in [0.1, 0.15) is 5.56 Å². The van der Waals surface area contributed by atoms with Gasteiger partial charge in [0.15, 0.2) is 5.71 Å². The zero-order valence-corrected chi connectivity index (χ0v) is 19.3. The van der Waals surface area contributed by atoms with Gasteiger partial charge in [0.2, 0.25) is 0 Å². The van der Waals surface area contributed by atoms with Crippen molar-refractivity contribution in [1.29, 1.82) is 0 Å². The van der Waals surface area contributed by atoms with Gasteiger partial charge in [-0.1, -0.05) is 59.8 Å². The minimum atomic E-state index is -8.07. The van der Waals surface area contributed by atoms with Crippen LogP contribution in [0.3, 0.4) is 0 Å². The first-order chi connectivity index (χ1) is 17.9. The first kappa shape index (κ1) is 33.0. The lowest BCUT2D eigenvalue weighted by molar-refractivity contribution is -0.404. The van der Waals surface area contributed by atoms with Crippen molar-refractivity contribution in [2.75, 3.05) is 0 Å². The molecule has 4 nitrogen and oxygen atoms in total. The van der Waals surface area contributed by atoms with Crippen molar-refractivity contribution >= 4 is 15.8 Å². The zero-order valence-electron chi connectivity index (χ0n) is 18.5. The van der Waals surface area contributed by atoms with E-state index >= 15 is 0 Å². The van der Waals surface area contributed by atoms with Crippen molar-refractivity contribution in [2.24, 2.45) is 5.16 Å². The molecule has 2 rings (SSSR count). The van der Waals surface area contributed by atoms with E-state index in [-0.39, 0.29) is 23.3 Å². The van der Waals surface area contributed by atoms with Crippen LogP contribution in [0.2, 0.25) is 0 Å². The SMILES string of the molecule is O=S(=O)(ON=C(c1ccc(-c2ccccc2)cc1)C(F)(F)C(F)(F)C(F)(F)C(F)(F)C(F)(F)C(F)F)C(F)(F)F.